The third-order valence-electron chi connectivity index (χ3n) is 5.23. The van der Waals surface area contributed by atoms with Gasteiger partial charge >= 0.3 is 6.03 Å². The molecule has 9 heteroatoms. The second-order valence-corrected chi connectivity index (χ2v) is 9.27. The molecule has 0 saturated carbocycles. The zero-order valence-electron chi connectivity index (χ0n) is 16.1. The summed E-state index contributed by atoms with van der Waals surface area (Å²) in [6.45, 7) is 4.84. The van der Waals surface area contributed by atoms with Crippen LogP contribution in [0, 0.1) is 0 Å². The quantitative estimate of drug-likeness (QED) is 0.801. The highest BCUT2D eigenvalue weighted by atomic mass is 35.5. The fourth-order valence-electron chi connectivity index (χ4n) is 3.85. The average Bonchev–Trinajstić information content (AvgIpc) is 2.72. The number of urea groups is 1. The first-order valence-corrected chi connectivity index (χ1v) is 11.4. The van der Waals surface area contributed by atoms with E-state index in [1.165, 1.54) is 4.90 Å². The van der Waals surface area contributed by atoms with Crippen molar-refractivity contribution in [3.8, 4) is 0 Å². The number of rotatable bonds is 4. The lowest BCUT2D eigenvalue weighted by atomic mass is 10.1. The van der Waals surface area contributed by atoms with Crippen molar-refractivity contribution in [1.29, 1.82) is 0 Å². The highest BCUT2D eigenvalue weighted by Gasteiger charge is 2.43. The van der Waals surface area contributed by atoms with E-state index >= 15 is 0 Å². The molecule has 2 aliphatic heterocycles. The zero-order chi connectivity index (χ0) is 20.6. The van der Waals surface area contributed by atoms with Crippen LogP contribution in [0.25, 0.3) is 0 Å². The topological polar surface area (TPSA) is 73.0 Å². The Morgan fingerprint density at radius 1 is 1.07 bits per heavy atom. The molecule has 2 aromatic carbocycles. The van der Waals surface area contributed by atoms with Crippen molar-refractivity contribution >= 4 is 39.0 Å². The number of amides is 2. The summed E-state index contributed by atoms with van der Waals surface area (Å²) in [4.78, 5) is 16.8. The van der Waals surface area contributed by atoms with Crippen molar-refractivity contribution in [2.45, 2.75) is 18.4 Å². The van der Waals surface area contributed by atoms with E-state index in [1.54, 1.807) is 19.1 Å². The summed E-state index contributed by atoms with van der Waals surface area (Å²) in [6.07, 6.45) is 0. The van der Waals surface area contributed by atoms with Crippen LogP contribution in [-0.4, -0.2) is 51.5 Å². The van der Waals surface area contributed by atoms with E-state index in [4.69, 9.17) is 11.6 Å². The fourth-order valence-corrected chi connectivity index (χ4v) is 5.80. The monoisotopic (exact) mass is 434 g/mol. The fraction of sp³-hybridized carbons (Fsp3) is 0.350. The Bertz CT molecular complexity index is 1020. The van der Waals surface area contributed by atoms with Crippen LogP contribution >= 0.6 is 11.6 Å². The number of piperazine rings is 1. The molecule has 2 aliphatic rings. The lowest BCUT2D eigenvalue weighted by Gasteiger charge is -2.39. The van der Waals surface area contributed by atoms with Crippen molar-refractivity contribution in [2.24, 2.45) is 0 Å². The molecule has 4 rings (SSSR count). The summed E-state index contributed by atoms with van der Waals surface area (Å²) in [5, 5.41) is 3.68. The van der Waals surface area contributed by atoms with Gasteiger partial charge in [0.25, 0.3) is 10.0 Å². The summed E-state index contributed by atoms with van der Waals surface area (Å²) in [5.74, 6) is 0. The normalized spacial score (nSPS) is 18.7. The molecule has 1 saturated heterocycles. The van der Waals surface area contributed by atoms with Gasteiger partial charge in [-0.05, 0) is 24.6 Å². The van der Waals surface area contributed by atoms with Gasteiger partial charge < -0.3 is 10.2 Å². The average molecular weight is 435 g/mol. The molecule has 0 bridgehead atoms. The lowest BCUT2D eigenvalue weighted by Crippen LogP contribution is -2.51. The molecule has 2 heterocycles. The van der Waals surface area contributed by atoms with Crippen LogP contribution in [0.2, 0.25) is 5.02 Å². The van der Waals surface area contributed by atoms with Crippen molar-refractivity contribution in [2.75, 3.05) is 42.5 Å². The Morgan fingerprint density at radius 3 is 2.38 bits per heavy atom. The first kappa shape index (κ1) is 20.0. The van der Waals surface area contributed by atoms with Gasteiger partial charge in [0.05, 0.1) is 17.9 Å². The number of benzene rings is 2. The Balaban J connectivity index is 1.91. The van der Waals surface area contributed by atoms with Crippen LogP contribution in [0.3, 0.4) is 0 Å². The highest BCUT2D eigenvalue weighted by molar-refractivity contribution is 7.90. The summed E-state index contributed by atoms with van der Waals surface area (Å²) in [5.41, 5.74) is 1.80. The summed E-state index contributed by atoms with van der Waals surface area (Å²) in [6, 6.07) is 12.2. The van der Waals surface area contributed by atoms with Crippen molar-refractivity contribution in [3.63, 3.8) is 0 Å². The molecule has 1 N–H and O–H groups in total. The number of halogens is 1. The van der Waals surface area contributed by atoms with Crippen LogP contribution in [0.5, 0.6) is 0 Å². The van der Waals surface area contributed by atoms with Crippen LogP contribution in [-0.2, 0) is 16.6 Å². The van der Waals surface area contributed by atoms with Gasteiger partial charge in [-0.3, -0.25) is 4.90 Å². The highest BCUT2D eigenvalue weighted by Crippen LogP contribution is 2.43. The van der Waals surface area contributed by atoms with Crippen LogP contribution in [0.1, 0.15) is 12.5 Å². The van der Waals surface area contributed by atoms with Gasteiger partial charge in [0.2, 0.25) is 0 Å². The van der Waals surface area contributed by atoms with Crippen molar-refractivity contribution < 1.29 is 13.2 Å². The third kappa shape index (κ3) is 3.56. The van der Waals surface area contributed by atoms with Crippen molar-refractivity contribution in [1.82, 2.24) is 9.62 Å². The van der Waals surface area contributed by atoms with E-state index in [2.05, 4.69) is 5.32 Å². The SMILES string of the molecule is CCN1C(=O)N(Cc2ccccc2)c2cc(Cl)cc(N3CCNCC3)c2S1(=O)=O. The van der Waals surface area contributed by atoms with E-state index < -0.39 is 16.1 Å². The first-order chi connectivity index (χ1) is 13.9. The number of sulfonamides is 1. The predicted molar refractivity (Wildman–Crippen MR) is 114 cm³/mol. The maximum Gasteiger partial charge on any atom is 0.338 e. The molecule has 1 fully saturated rings. The minimum Gasteiger partial charge on any atom is -0.368 e. The lowest BCUT2D eigenvalue weighted by molar-refractivity contribution is 0.228. The Morgan fingerprint density at radius 2 is 1.72 bits per heavy atom. The summed E-state index contributed by atoms with van der Waals surface area (Å²) < 4.78 is 27.8. The van der Waals surface area contributed by atoms with E-state index in [0.717, 1.165) is 23.0 Å². The maximum absolute atomic E-state index is 13.4. The van der Waals surface area contributed by atoms with E-state index in [-0.39, 0.29) is 18.0 Å². The smallest absolute Gasteiger partial charge is 0.338 e. The van der Waals surface area contributed by atoms with Crippen LogP contribution in [0.4, 0.5) is 16.2 Å². The first-order valence-electron chi connectivity index (χ1n) is 9.61. The van der Waals surface area contributed by atoms with Gasteiger partial charge in [-0.25, -0.2) is 17.5 Å². The number of nitrogens with zero attached hydrogens (tertiary/aromatic N) is 3. The number of anilines is 2. The second-order valence-electron chi connectivity index (χ2n) is 7.03. The maximum atomic E-state index is 13.4. The molecular formula is C20H23ClN4O3S. The van der Waals surface area contributed by atoms with Gasteiger partial charge in [-0.15, -0.1) is 0 Å². The molecule has 0 unspecified atom stereocenters. The molecule has 0 radical (unpaired) electrons. The van der Waals surface area contributed by atoms with Crippen LogP contribution < -0.4 is 15.1 Å². The number of hydrogen-bond acceptors (Lipinski definition) is 5. The Hall–Kier alpha value is -2.29. The minimum atomic E-state index is -3.98. The molecule has 0 aromatic heterocycles. The predicted octanol–water partition coefficient (Wildman–Crippen LogP) is 2.90. The number of nitrogens with one attached hydrogen (secondary N) is 1. The molecule has 7 nitrogen and oxygen atoms in total. The van der Waals surface area contributed by atoms with Crippen molar-refractivity contribution in [3.05, 3.63) is 53.1 Å². The Kier molecular flexibility index (Phi) is 5.42. The second kappa shape index (κ2) is 7.85. The van der Waals surface area contributed by atoms with Gasteiger partial charge in [0.1, 0.15) is 4.90 Å². The number of hydrogen-bond donors (Lipinski definition) is 1. The summed E-state index contributed by atoms with van der Waals surface area (Å²) in [7, 11) is -3.98. The van der Waals surface area contributed by atoms with Gasteiger partial charge in [0.15, 0.2) is 0 Å². The molecule has 2 amide bonds. The largest absolute Gasteiger partial charge is 0.368 e. The number of fused-ring (bicyclic) bond motifs is 1. The van der Waals surface area contributed by atoms with Gasteiger partial charge in [0, 0.05) is 37.7 Å². The van der Waals surface area contributed by atoms with Gasteiger partial charge in [-0.2, -0.15) is 0 Å². The molecule has 29 heavy (non-hydrogen) atoms. The zero-order valence-corrected chi connectivity index (χ0v) is 17.7. The molecule has 154 valence electrons. The molecule has 2 aromatic rings. The van der Waals surface area contributed by atoms with E-state index in [0.29, 0.717) is 29.5 Å². The molecule has 0 spiro atoms. The van der Waals surface area contributed by atoms with Gasteiger partial charge in [-0.1, -0.05) is 41.9 Å². The molecule has 0 aliphatic carbocycles. The third-order valence-corrected chi connectivity index (χ3v) is 7.37. The van der Waals surface area contributed by atoms with E-state index in [1.807, 2.05) is 35.2 Å². The Labute approximate surface area is 175 Å². The minimum absolute atomic E-state index is 0.0650. The number of carbonyl (C=O) groups is 1. The molecular weight excluding hydrogens is 412 g/mol. The summed E-state index contributed by atoms with van der Waals surface area (Å²) >= 11 is 6.39. The number of carbonyl (C=O) groups excluding carboxylic acids is 1. The molecule has 0 atom stereocenters. The van der Waals surface area contributed by atoms with Crippen LogP contribution in [0.15, 0.2) is 47.4 Å². The van der Waals surface area contributed by atoms with E-state index in [9.17, 15) is 13.2 Å². The standard InChI is InChI=1S/C20H23ClN4O3S/c1-2-25-20(26)24(14-15-6-4-3-5-7-15)18-13-16(21)12-17(19(18)29(25,27)28)23-10-8-22-9-11-23/h3-7,12-13,22H,2,8-11,14H2,1H3.